The number of nitrogens with one attached hydrogen (secondary N) is 9. The molecule has 2 aliphatic rings. The average Bonchev–Trinajstić information content (AvgIpc) is 3.69. The molecular formula is C43H57N9O13. The molecule has 2 fully saturated rings. The molecule has 2 saturated heterocycles. The summed E-state index contributed by atoms with van der Waals surface area (Å²) in [6, 6.07) is 6.56. The van der Waals surface area contributed by atoms with E-state index < -0.39 is 140 Å². The van der Waals surface area contributed by atoms with Crippen LogP contribution in [0.2, 0.25) is 0 Å². The van der Waals surface area contributed by atoms with Crippen molar-refractivity contribution in [3.05, 3.63) is 71.9 Å². The zero-order valence-corrected chi connectivity index (χ0v) is 35.8. The average molecular weight is 908 g/mol. The molecule has 22 nitrogen and oxygen atoms in total. The number of benzene rings is 2. The minimum atomic E-state index is -2.04. The number of fused-ring (bicyclic) bond motifs is 6. The predicted octanol–water partition coefficient (Wildman–Crippen LogP) is -4.62. The molecule has 352 valence electrons. The van der Waals surface area contributed by atoms with Gasteiger partial charge in [0.25, 0.3) is 0 Å². The number of hydrogen-bond acceptors (Lipinski definition) is 13. The van der Waals surface area contributed by atoms with Crippen LogP contribution in [0.4, 0.5) is 0 Å². The Balaban J connectivity index is 1.53. The summed E-state index contributed by atoms with van der Waals surface area (Å²) in [7, 11) is 0. The summed E-state index contributed by atoms with van der Waals surface area (Å²) in [4.78, 5) is 115. The predicted molar refractivity (Wildman–Crippen MR) is 230 cm³/mol. The van der Waals surface area contributed by atoms with Gasteiger partial charge >= 0.3 is 0 Å². The maximum Gasteiger partial charge on any atom is 0.245 e. The van der Waals surface area contributed by atoms with Crippen LogP contribution >= 0.6 is 0 Å². The van der Waals surface area contributed by atoms with E-state index in [1.165, 1.54) is 0 Å². The van der Waals surface area contributed by atoms with Gasteiger partial charge < -0.3 is 73.1 Å². The van der Waals surface area contributed by atoms with Crippen molar-refractivity contribution in [3.8, 4) is 0 Å². The summed E-state index contributed by atoms with van der Waals surface area (Å²) in [6.45, 7) is 1.25. The molecular weight excluding hydrogens is 851 g/mol. The first-order valence-corrected chi connectivity index (χ1v) is 21.2. The molecule has 0 saturated carbocycles. The summed E-state index contributed by atoms with van der Waals surface area (Å²) in [5.74, 6) is -7.85. The first-order chi connectivity index (χ1) is 30.9. The molecule has 3 aromatic rings. The van der Waals surface area contributed by atoms with Crippen LogP contribution in [-0.4, -0.2) is 158 Å². The Kier molecular flexibility index (Phi) is 17.5. The number of para-hydroxylation sites is 1. The van der Waals surface area contributed by atoms with E-state index in [4.69, 9.17) is 5.11 Å². The lowest BCUT2D eigenvalue weighted by Gasteiger charge is -2.30. The second-order valence-corrected chi connectivity index (χ2v) is 16.6. The van der Waals surface area contributed by atoms with Gasteiger partial charge in [0.15, 0.2) is 0 Å². The minimum absolute atomic E-state index is 0.0211. The second-order valence-electron chi connectivity index (χ2n) is 16.6. The Morgan fingerprint density at radius 1 is 0.662 bits per heavy atom. The summed E-state index contributed by atoms with van der Waals surface area (Å²) in [5, 5.41) is 70.1. The lowest BCUT2D eigenvalue weighted by molar-refractivity contribution is -0.139. The van der Waals surface area contributed by atoms with Crippen LogP contribution in [0.3, 0.4) is 0 Å². The van der Waals surface area contributed by atoms with Crippen molar-refractivity contribution in [2.45, 2.75) is 107 Å². The molecule has 0 aliphatic carbocycles. The molecule has 10 atom stereocenters. The molecule has 14 N–H and O–H groups in total. The van der Waals surface area contributed by atoms with E-state index in [2.05, 4.69) is 47.5 Å². The quantitative estimate of drug-likeness (QED) is 0.0725. The van der Waals surface area contributed by atoms with Crippen LogP contribution in [0.15, 0.2) is 60.8 Å². The summed E-state index contributed by atoms with van der Waals surface area (Å²) in [6.07, 6.45) is -8.00. The van der Waals surface area contributed by atoms with E-state index in [0.29, 0.717) is 16.5 Å². The Morgan fingerprint density at radius 3 is 1.92 bits per heavy atom. The van der Waals surface area contributed by atoms with Gasteiger partial charge in [-0.05, 0) is 29.5 Å². The van der Waals surface area contributed by atoms with E-state index in [9.17, 15) is 58.8 Å². The van der Waals surface area contributed by atoms with Crippen LogP contribution in [0.5, 0.6) is 0 Å². The molecule has 0 unspecified atom stereocenters. The number of aromatic nitrogens is 1. The van der Waals surface area contributed by atoms with Gasteiger partial charge in [-0.3, -0.25) is 38.4 Å². The number of rotatable bonds is 14. The van der Waals surface area contributed by atoms with Gasteiger partial charge in [0.05, 0.1) is 25.6 Å². The Morgan fingerprint density at radius 2 is 1.22 bits per heavy atom. The maximum absolute atomic E-state index is 14.4. The number of carbonyl (C=O) groups is 8. The zero-order valence-electron chi connectivity index (χ0n) is 35.8. The van der Waals surface area contributed by atoms with Crippen LogP contribution in [0, 0.1) is 5.92 Å². The monoisotopic (exact) mass is 907 g/mol. The molecule has 1 aromatic heterocycles. The summed E-state index contributed by atoms with van der Waals surface area (Å²) >= 11 is 0. The van der Waals surface area contributed by atoms with E-state index in [-0.39, 0.29) is 25.2 Å². The fraction of sp³-hybridized carbons (Fsp3) is 0.488. The highest BCUT2D eigenvalue weighted by Crippen LogP contribution is 2.20. The summed E-state index contributed by atoms with van der Waals surface area (Å²) < 4.78 is 0. The number of amides is 8. The number of hydrogen-bond donors (Lipinski definition) is 14. The zero-order chi connectivity index (χ0) is 47.4. The van der Waals surface area contributed by atoms with Gasteiger partial charge in [-0.15, -0.1) is 0 Å². The molecule has 3 heterocycles. The molecule has 8 amide bonds. The first kappa shape index (κ1) is 49.6. The Hall–Kier alpha value is -6.46. The van der Waals surface area contributed by atoms with Gasteiger partial charge in [0.1, 0.15) is 54.6 Å². The normalized spacial score (nSPS) is 24.6. The third-order valence-electron chi connectivity index (χ3n) is 11.0. The fourth-order valence-corrected chi connectivity index (χ4v) is 7.39. The van der Waals surface area contributed by atoms with Crippen molar-refractivity contribution >= 4 is 58.2 Å². The van der Waals surface area contributed by atoms with Gasteiger partial charge in [-0.25, -0.2) is 0 Å². The SMILES string of the molecule is CC(C)C[C@@H]1NC(=O)[C@H]2CNC(=O)C[C@@H](NC(=O)[C@H](CC(=O)NC[C@H](O)[C@@H](O)[C@@H](O)[C@@H](O)CO)NC1=O)C(=O)N[C@@H](Cc1c[nH]c3ccccc13)C(=O)N[C@@H](Cc1ccccc1)C(=O)N2. The van der Waals surface area contributed by atoms with E-state index in [1.54, 1.807) is 74.6 Å². The maximum atomic E-state index is 14.4. The van der Waals surface area contributed by atoms with Crippen LogP contribution in [0.25, 0.3) is 10.9 Å². The number of aliphatic hydroxyl groups is 5. The molecule has 65 heavy (non-hydrogen) atoms. The molecule has 2 bridgehead atoms. The largest absolute Gasteiger partial charge is 0.394 e. The molecule has 0 spiro atoms. The highest BCUT2D eigenvalue weighted by Gasteiger charge is 2.38. The molecule has 0 radical (unpaired) electrons. The molecule has 2 aliphatic heterocycles. The van der Waals surface area contributed by atoms with Gasteiger partial charge in [-0.1, -0.05) is 62.4 Å². The molecule has 22 heteroatoms. The topological polar surface area (TPSA) is 350 Å². The van der Waals surface area contributed by atoms with Crippen molar-refractivity contribution in [2.24, 2.45) is 5.92 Å². The number of carbonyl (C=O) groups excluding carboxylic acids is 8. The third-order valence-corrected chi connectivity index (χ3v) is 11.0. The molecule has 5 rings (SSSR count). The van der Waals surface area contributed by atoms with Crippen molar-refractivity contribution in [1.29, 1.82) is 0 Å². The van der Waals surface area contributed by atoms with Crippen LogP contribution in [0.1, 0.15) is 44.2 Å². The minimum Gasteiger partial charge on any atom is -0.394 e. The Bertz CT molecular complexity index is 2190. The van der Waals surface area contributed by atoms with Gasteiger partial charge in [0, 0.05) is 43.0 Å². The summed E-state index contributed by atoms with van der Waals surface area (Å²) in [5.41, 5.74) is 1.94. The number of aliphatic hydroxyl groups excluding tert-OH is 5. The van der Waals surface area contributed by atoms with Gasteiger partial charge in [0.2, 0.25) is 47.3 Å². The molecule has 2 aromatic carbocycles. The highest BCUT2D eigenvalue weighted by atomic mass is 16.4. The Labute approximate surface area is 373 Å². The fourth-order valence-electron chi connectivity index (χ4n) is 7.39. The lowest BCUT2D eigenvalue weighted by atomic mass is 10.00. The van der Waals surface area contributed by atoms with Gasteiger partial charge in [-0.2, -0.15) is 0 Å². The van der Waals surface area contributed by atoms with E-state index in [1.807, 2.05) is 0 Å². The number of aromatic amines is 1. The van der Waals surface area contributed by atoms with Crippen LogP contribution < -0.4 is 42.5 Å². The number of H-pyrrole nitrogens is 1. The van der Waals surface area contributed by atoms with Crippen molar-refractivity contribution < 1.29 is 63.9 Å². The first-order valence-electron chi connectivity index (χ1n) is 21.2. The smallest absolute Gasteiger partial charge is 0.245 e. The van der Waals surface area contributed by atoms with E-state index >= 15 is 0 Å². The van der Waals surface area contributed by atoms with Crippen molar-refractivity contribution in [1.82, 2.24) is 47.5 Å². The third kappa shape index (κ3) is 13.8. The lowest BCUT2D eigenvalue weighted by Crippen LogP contribution is -2.64. The van der Waals surface area contributed by atoms with Crippen molar-refractivity contribution in [3.63, 3.8) is 0 Å². The van der Waals surface area contributed by atoms with Crippen molar-refractivity contribution in [2.75, 3.05) is 19.7 Å². The standard InChI is InChI=1S/C43H57N9O13/c1-21(2)12-26-38(60)50-30(16-35(57)46-19-32(54)36(58)37(59)33(55)20-53)42(64)51-29-15-34(56)45-18-31(43(65)47-26)52-39(61)27(13-22-8-4-3-5-9-22)48-40(62)28(49-41(29)63)14-23-17-44-25-11-7-6-10-24(23)25/h3-11,17,21,26-33,36-37,44,53-55,58-59H,12-16,18-20H2,1-2H3,(H,45,56)(H,46,57)(H,47,65)(H,48,62)(H,49,63)(H,50,60)(H,51,64)(H,52,61)/t26-,27-,28-,29+,30-,31+,32-,33-,36+,37-/m0/s1. The second kappa shape index (κ2) is 22.9. The highest BCUT2D eigenvalue weighted by molar-refractivity contribution is 6.01. The van der Waals surface area contributed by atoms with Crippen LogP contribution in [-0.2, 0) is 51.2 Å². The van der Waals surface area contributed by atoms with E-state index in [0.717, 1.165) is 5.52 Å².